The number of rotatable bonds is 4. The predicted octanol–water partition coefficient (Wildman–Crippen LogP) is 4.36. The number of halogens is 4. The maximum absolute atomic E-state index is 12.9. The van der Waals surface area contributed by atoms with Crippen LogP contribution in [-0.4, -0.2) is 25.5 Å². The van der Waals surface area contributed by atoms with Gasteiger partial charge in [-0.15, -0.1) is 0 Å². The molecule has 1 aliphatic heterocycles. The summed E-state index contributed by atoms with van der Waals surface area (Å²) in [6.45, 7) is 0.106. The van der Waals surface area contributed by atoms with Crippen LogP contribution in [0.5, 0.6) is 5.75 Å². The van der Waals surface area contributed by atoms with E-state index < -0.39 is 23.6 Å². The lowest BCUT2D eigenvalue weighted by atomic mass is 10.1. The number of benzene rings is 2. The SMILES string of the molecule is COc1cccc(N2CC(C(=O)Nc3cc(C(F)(F)F)ccc3Cl)CC2=O)c1. The maximum Gasteiger partial charge on any atom is 0.416 e. The fraction of sp³-hybridized carbons (Fsp3) is 0.263. The van der Waals surface area contributed by atoms with E-state index >= 15 is 0 Å². The monoisotopic (exact) mass is 412 g/mol. The summed E-state index contributed by atoms with van der Waals surface area (Å²) in [6.07, 6.45) is -4.61. The highest BCUT2D eigenvalue weighted by Gasteiger charge is 2.36. The van der Waals surface area contributed by atoms with Crippen molar-refractivity contribution < 1.29 is 27.5 Å². The largest absolute Gasteiger partial charge is 0.497 e. The number of amides is 2. The summed E-state index contributed by atoms with van der Waals surface area (Å²) in [5, 5.41) is 2.39. The molecule has 1 atom stereocenters. The molecule has 1 aliphatic rings. The molecule has 3 rings (SSSR count). The van der Waals surface area contributed by atoms with Crippen LogP contribution in [0.25, 0.3) is 0 Å². The molecule has 5 nitrogen and oxygen atoms in total. The van der Waals surface area contributed by atoms with Crippen LogP contribution in [0, 0.1) is 5.92 Å². The summed E-state index contributed by atoms with van der Waals surface area (Å²) in [4.78, 5) is 26.3. The minimum absolute atomic E-state index is 0.0182. The van der Waals surface area contributed by atoms with Crippen molar-refractivity contribution in [3.63, 3.8) is 0 Å². The van der Waals surface area contributed by atoms with Crippen LogP contribution in [0.3, 0.4) is 0 Å². The number of nitrogens with zero attached hydrogens (tertiary/aromatic N) is 1. The van der Waals surface area contributed by atoms with Gasteiger partial charge in [0.15, 0.2) is 0 Å². The lowest BCUT2D eigenvalue weighted by Crippen LogP contribution is -2.28. The zero-order valence-corrected chi connectivity index (χ0v) is 15.5. The first-order valence-corrected chi connectivity index (χ1v) is 8.69. The Bertz CT molecular complexity index is 918. The standard InChI is InChI=1S/C19H16ClF3N2O3/c1-28-14-4-2-3-13(9-14)25-10-11(7-17(25)26)18(27)24-16-8-12(19(21,22)23)5-6-15(16)20/h2-6,8-9,11H,7,10H2,1H3,(H,24,27). The van der Waals surface area contributed by atoms with E-state index in [0.29, 0.717) is 11.4 Å². The summed E-state index contributed by atoms with van der Waals surface area (Å²) < 4.78 is 43.7. The molecule has 2 amide bonds. The third-order valence-electron chi connectivity index (χ3n) is 4.41. The van der Waals surface area contributed by atoms with Crippen molar-refractivity contribution in [2.24, 2.45) is 5.92 Å². The van der Waals surface area contributed by atoms with E-state index in [0.717, 1.165) is 18.2 Å². The Kier molecular flexibility index (Phi) is 5.51. The Morgan fingerprint density at radius 1 is 1.25 bits per heavy atom. The molecule has 1 unspecified atom stereocenters. The fourth-order valence-corrected chi connectivity index (χ4v) is 3.11. The summed E-state index contributed by atoms with van der Waals surface area (Å²) in [5.41, 5.74) is -0.488. The zero-order chi connectivity index (χ0) is 20.5. The summed E-state index contributed by atoms with van der Waals surface area (Å²) >= 11 is 5.91. The molecule has 0 radical (unpaired) electrons. The average molecular weight is 413 g/mol. The number of hydrogen-bond donors (Lipinski definition) is 1. The van der Waals surface area contributed by atoms with Crippen LogP contribution in [0.4, 0.5) is 24.5 Å². The third-order valence-corrected chi connectivity index (χ3v) is 4.74. The normalized spacial score (nSPS) is 17.0. The van der Waals surface area contributed by atoms with Gasteiger partial charge in [-0.3, -0.25) is 9.59 Å². The molecular formula is C19H16ClF3N2O3. The Morgan fingerprint density at radius 2 is 2.00 bits per heavy atom. The molecule has 0 spiro atoms. The van der Waals surface area contributed by atoms with Gasteiger partial charge in [-0.25, -0.2) is 0 Å². The van der Waals surface area contributed by atoms with E-state index in [1.165, 1.54) is 12.0 Å². The van der Waals surface area contributed by atoms with Crippen LogP contribution in [0.15, 0.2) is 42.5 Å². The first kappa shape index (κ1) is 20.0. The van der Waals surface area contributed by atoms with Crippen molar-refractivity contribution >= 4 is 34.8 Å². The third kappa shape index (κ3) is 4.22. The molecule has 2 aromatic carbocycles. The highest BCUT2D eigenvalue weighted by molar-refractivity contribution is 6.33. The van der Waals surface area contributed by atoms with Crippen molar-refractivity contribution in [1.82, 2.24) is 0 Å². The molecule has 2 aromatic rings. The molecule has 0 aliphatic carbocycles. The van der Waals surface area contributed by atoms with Crippen molar-refractivity contribution in [1.29, 1.82) is 0 Å². The van der Waals surface area contributed by atoms with Crippen LogP contribution in [-0.2, 0) is 15.8 Å². The second-order valence-corrected chi connectivity index (χ2v) is 6.70. The molecule has 0 aromatic heterocycles. The van der Waals surface area contributed by atoms with Crippen molar-refractivity contribution in [3.05, 3.63) is 53.1 Å². The molecule has 0 bridgehead atoms. The van der Waals surface area contributed by atoms with E-state index in [1.807, 2.05) is 0 Å². The second kappa shape index (κ2) is 7.71. The molecule has 0 saturated carbocycles. The zero-order valence-electron chi connectivity index (χ0n) is 14.7. The quantitative estimate of drug-likeness (QED) is 0.811. The van der Waals surface area contributed by atoms with E-state index in [9.17, 15) is 22.8 Å². The first-order valence-electron chi connectivity index (χ1n) is 8.31. The van der Waals surface area contributed by atoms with Crippen molar-refractivity contribution in [2.45, 2.75) is 12.6 Å². The van der Waals surface area contributed by atoms with Gasteiger partial charge in [-0.1, -0.05) is 17.7 Å². The van der Waals surface area contributed by atoms with E-state index in [1.54, 1.807) is 24.3 Å². The van der Waals surface area contributed by atoms with Gasteiger partial charge in [0.05, 0.1) is 29.3 Å². The predicted molar refractivity (Wildman–Crippen MR) is 98.5 cm³/mol. The number of ether oxygens (including phenoxy) is 1. The minimum Gasteiger partial charge on any atom is -0.497 e. The number of anilines is 2. The molecule has 1 saturated heterocycles. The Morgan fingerprint density at radius 3 is 2.68 bits per heavy atom. The van der Waals surface area contributed by atoms with Gasteiger partial charge in [-0.2, -0.15) is 13.2 Å². The van der Waals surface area contributed by atoms with Gasteiger partial charge >= 0.3 is 6.18 Å². The maximum atomic E-state index is 12.9. The highest BCUT2D eigenvalue weighted by Crippen LogP contribution is 2.34. The fourth-order valence-electron chi connectivity index (χ4n) is 2.94. The van der Waals surface area contributed by atoms with Gasteiger partial charge in [0.25, 0.3) is 0 Å². The van der Waals surface area contributed by atoms with Crippen LogP contribution < -0.4 is 15.0 Å². The number of methoxy groups -OCH3 is 1. The van der Waals surface area contributed by atoms with E-state index in [4.69, 9.17) is 16.3 Å². The van der Waals surface area contributed by atoms with Gasteiger partial charge < -0.3 is 15.0 Å². The summed E-state index contributed by atoms with van der Waals surface area (Å²) in [5.74, 6) is -0.984. The lowest BCUT2D eigenvalue weighted by molar-refractivity contribution is -0.137. The molecular weight excluding hydrogens is 397 g/mol. The van der Waals surface area contributed by atoms with Crippen LogP contribution >= 0.6 is 11.6 Å². The Labute approximate surface area is 164 Å². The summed E-state index contributed by atoms with van der Waals surface area (Å²) in [6, 6.07) is 9.51. The van der Waals surface area contributed by atoms with E-state index in [-0.39, 0.29) is 29.6 Å². The smallest absolute Gasteiger partial charge is 0.416 e. The Hall–Kier alpha value is -2.74. The lowest BCUT2D eigenvalue weighted by Gasteiger charge is -2.18. The molecule has 1 heterocycles. The van der Waals surface area contributed by atoms with Gasteiger partial charge in [0, 0.05) is 24.7 Å². The minimum atomic E-state index is -4.56. The molecule has 1 N–H and O–H groups in total. The second-order valence-electron chi connectivity index (χ2n) is 6.29. The van der Waals surface area contributed by atoms with Crippen molar-refractivity contribution in [3.8, 4) is 5.75 Å². The first-order chi connectivity index (χ1) is 13.2. The van der Waals surface area contributed by atoms with Crippen LogP contribution in [0.2, 0.25) is 5.02 Å². The molecule has 1 fully saturated rings. The van der Waals surface area contributed by atoms with E-state index in [2.05, 4.69) is 5.32 Å². The number of carbonyl (C=O) groups excluding carboxylic acids is 2. The average Bonchev–Trinajstić information content (AvgIpc) is 3.04. The van der Waals surface area contributed by atoms with Crippen molar-refractivity contribution in [2.75, 3.05) is 23.9 Å². The molecule has 9 heteroatoms. The number of nitrogens with one attached hydrogen (secondary N) is 1. The van der Waals surface area contributed by atoms with Gasteiger partial charge in [0.1, 0.15) is 5.75 Å². The number of alkyl halides is 3. The number of hydrogen-bond acceptors (Lipinski definition) is 3. The highest BCUT2D eigenvalue weighted by atomic mass is 35.5. The summed E-state index contributed by atoms with van der Waals surface area (Å²) in [7, 11) is 1.50. The molecule has 148 valence electrons. The van der Waals surface area contributed by atoms with Gasteiger partial charge in [0.2, 0.25) is 11.8 Å². The number of carbonyl (C=O) groups is 2. The topological polar surface area (TPSA) is 58.6 Å². The molecule has 28 heavy (non-hydrogen) atoms. The van der Waals surface area contributed by atoms with Gasteiger partial charge in [-0.05, 0) is 30.3 Å². The Balaban J connectivity index is 1.75. The van der Waals surface area contributed by atoms with Crippen LogP contribution in [0.1, 0.15) is 12.0 Å².